The van der Waals surface area contributed by atoms with E-state index in [4.69, 9.17) is 109 Å². The summed E-state index contributed by atoms with van der Waals surface area (Å²) in [6, 6.07) is -9.96. The Kier molecular flexibility index (Phi) is 43.4. The van der Waals surface area contributed by atoms with Crippen molar-refractivity contribution >= 4 is 29.5 Å². The molecule has 850 valence electrons. The van der Waals surface area contributed by atoms with Crippen LogP contribution in [0.3, 0.4) is 0 Å². The summed E-state index contributed by atoms with van der Waals surface area (Å²) in [5, 5.41) is 373. The van der Waals surface area contributed by atoms with Crippen LogP contribution < -0.4 is 26.6 Å². The highest BCUT2D eigenvalue weighted by Gasteiger charge is 2.63. The largest absolute Gasteiger partial charge is 0.394 e. The predicted octanol–water partition coefficient (Wildman–Crippen LogP) is -25.4. The maximum Gasteiger partial charge on any atom is 0.217 e. The van der Waals surface area contributed by atoms with E-state index in [-0.39, 0.29) is 0 Å². The SMILES string of the molecule is CC(=O)NC1C(O)OC(COC2OC(C)C(O)C(O)C2O)C(OC2OC(CO)C(OC3OC(COC4OC(COC5OC(CO)C(OC6OC(CO)C(O)C(O)C6O)C(O)C5NC(C)=O)C(O)C(O)C4OC4OC(CO)C(OC5OC(CO)C(O)C(O)C5O)C(O)C4NC(C)=O)C(O)C(OC4OC(CO)C(O)C(O)C4OC4OC(CO)C(OC5OC(CO)C(O)C(O)C5O)C(O)C4NC(C)=O)C3O)C(O)C2NC(C)=O)C1O. The molecular formula is C82H137N5O60. The quantitative estimate of drug-likeness (QED) is 0.0273. The Bertz CT molecular complexity index is 4110. The molecule has 5 amide bonds. The van der Waals surface area contributed by atoms with E-state index in [1.54, 1.807) is 0 Å². The summed E-state index contributed by atoms with van der Waals surface area (Å²) in [5.74, 6) is -4.95. The first-order valence-corrected chi connectivity index (χ1v) is 47.0. The van der Waals surface area contributed by atoms with Crippen molar-refractivity contribution in [2.45, 2.75) is 410 Å². The van der Waals surface area contributed by atoms with Crippen molar-refractivity contribution in [2.75, 3.05) is 72.7 Å². The number of amides is 5. The maximum absolute atomic E-state index is 13.5. The van der Waals surface area contributed by atoms with Crippen molar-refractivity contribution in [3.8, 4) is 0 Å². The molecule has 12 aliphatic heterocycles. The van der Waals surface area contributed by atoms with Crippen molar-refractivity contribution in [3.63, 3.8) is 0 Å². The van der Waals surface area contributed by atoms with Gasteiger partial charge in [-0.2, -0.15) is 0 Å². The van der Waals surface area contributed by atoms with Gasteiger partial charge in [0.05, 0.1) is 78.8 Å². The average molecular weight is 2150 g/mol. The van der Waals surface area contributed by atoms with Gasteiger partial charge in [-0.25, -0.2) is 0 Å². The summed E-state index contributed by atoms with van der Waals surface area (Å²) in [7, 11) is 0. The third kappa shape index (κ3) is 27.0. The first kappa shape index (κ1) is 121. The molecule has 12 rings (SSSR count). The molecule has 12 fully saturated rings. The van der Waals surface area contributed by atoms with Crippen LogP contribution in [0.4, 0.5) is 0 Å². The molecule has 0 aromatic heterocycles. The standard InChI is InChI=1S/C82H137N5O60/c1-18-40(101)52(113)58(119)76(128-18)126-17-34-67(47(108)35(71(124)129-34)83-19(2)96)140-73-37(85-21(4)98)49(110)66(31(14-95)135-73)144-80-62(123)68(145-82-70(56(117)44(105)27(10-91)133-82)147-75-39(87-23(6)100)51(112)65(30(13-94)137-75)143-79-61(122)55(116)43(104)26(9-90)132-79)46(107)33(138-80)16-127-81-69(146-74-38(86-22(5)99)50(111)64(29(12-93)136-74)142-78-60(121)54(115)42(103)25(8-89)131-78)57(118)45(106)32(139-81)15-125-72-36(84-20(3)97)48(109)63(28(11-92)134-72)141-77-59(120)53(114)41(102)24(7-88)130-77/h18,24-82,88-95,101-124H,7-17H2,1-6H3,(H,83,96)(H,84,97)(H,85,98)(H,86,99)(H,87,100). The Morgan fingerprint density at radius 2 is 0.422 bits per heavy atom. The highest BCUT2D eigenvalue weighted by molar-refractivity contribution is 5.75. The first-order valence-electron chi connectivity index (χ1n) is 47.0. The van der Waals surface area contributed by atoms with Gasteiger partial charge in [-0.3, -0.25) is 24.0 Å². The van der Waals surface area contributed by atoms with Gasteiger partial charge in [0.25, 0.3) is 0 Å². The zero-order valence-corrected chi connectivity index (χ0v) is 79.2. The van der Waals surface area contributed by atoms with Gasteiger partial charge in [0.2, 0.25) is 29.5 Å². The normalized spacial score (nSPS) is 49.6. The number of hydrogen-bond acceptors (Lipinski definition) is 60. The van der Waals surface area contributed by atoms with Crippen molar-refractivity contribution in [3.05, 3.63) is 0 Å². The van der Waals surface area contributed by atoms with Crippen molar-refractivity contribution < 1.29 is 296 Å². The molecule has 0 saturated carbocycles. The van der Waals surface area contributed by atoms with Crippen LogP contribution in [0.15, 0.2) is 0 Å². The first-order chi connectivity index (χ1) is 69.5. The van der Waals surface area contributed by atoms with E-state index in [0.717, 1.165) is 34.6 Å². The average Bonchev–Trinajstić information content (AvgIpc) is 0.767. The van der Waals surface area contributed by atoms with Crippen LogP contribution in [-0.2, 0) is 133 Å². The van der Waals surface area contributed by atoms with E-state index in [1.807, 2.05) is 0 Å². The van der Waals surface area contributed by atoms with Crippen molar-refractivity contribution in [1.29, 1.82) is 0 Å². The van der Waals surface area contributed by atoms with Crippen LogP contribution in [0.1, 0.15) is 41.5 Å². The Labute approximate surface area is 832 Å². The second-order valence-corrected chi connectivity index (χ2v) is 37.4. The lowest BCUT2D eigenvalue weighted by atomic mass is 9.93. The molecule has 0 aromatic carbocycles. The highest BCUT2D eigenvalue weighted by atomic mass is 16.8. The van der Waals surface area contributed by atoms with E-state index < -0.39 is 470 Å². The molecule has 0 aromatic rings. The molecule has 60 atom stereocenters. The van der Waals surface area contributed by atoms with Crippen LogP contribution in [-0.4, -0.2) is 634 Å². The number of nitrogens with one attached hydrogen (secondary N) is 5. The van der Waals surface area contributed by atoms with Gasteiger partial charge >= 0.3 is 0 Å². The van der Waals surface area contributed by atoms with E-state index in [2.05, 4.69) is 26.6 Å². The van der Waals surface area contributed by atoms with Crippen LogP contribution in [0.25, 0.3) is 0 Å². The number of ether oxygens (including phenoxy) is 23. The van der Waals surface area contributed by atoms with Gasteiger partial charge in [0.1, 0.15) is 287 Å². The Morgan fingerprint density at radius 3 is 0.789 bits per heavy atom. The number of aliphatic hydroxyl groups excluding tert-OH is 32. The van der Waals surface area contributed by atoms with Gasteiger partial charge in [0.15, 0.2) is 75.5 Å². The predicted molar refractivity (Wildman–Crippen MR) is 452 cm³/mol. The molecule has 0 radical (unpaired) electrons. The van der Waals surface area contributed by atoms with Gasteiger partial charge in [-0.1, -0.05) is 0 Å². The molecular weight excluding hydrogens is 2010 g/mol. The molecule has 12 heterocycles. The second-order valence-electron chi connectivity index (χ2n) is 37.4. The zero-order valence-electron chi connectivity index (χ0n) is 79.2. The minimum Gasteiger partial charge on any atom is -0.394 e. The topological polar surface area (TPSA) is 1010 Å². The number of aliphatic hydroxyl groups is 32. The lowest BCUT2D eigenvalue weighted by molar-refractivity contribution is -0.399. The van der Waals surface area contributed by atoms with Crippen molar-refractivity contribution in [1.82, 2.24) is 26.6 Å². The van der Waals surface area contributed by atoms with Gasteiger partial charge < -0.3 is 299 Å². The Balaban J connectivity index is 0.913. The fourth-order valence-electron chi connectivity index (χ4n) is 19.1. The Hall–Kier alpha value is -4.85. The molecule has 65 heteroatoms. The van der Waals surface area contributed by atoms with Crippen LogP contribution in [0.5, 0.6) is 0 Å². The summed E-state index contributed by atoms with van der Waals surface area (Å²) in [6.07, 6.45) is -118. The molecule has 37 N–H and O–H groups in total. The maximum atomic E-state index is 13.5. The zero-order chi connectivity index (χ0) is 108. The summed E-state index contributed by atoms with van der Waals surface area (Å²) in [5.41, 5.74) is 0. The molecule has 147 heavy (non-hydrogen) atoms. The number of carbonyl (C=O) groups excluding carboxylic acids is 5. The lowest BCUT2D eigenvalue weighted by Crippen LogP contribution is -2.71. The fourth-order valence-corrected chi connectivity index (χ4v) is 19.1. The minimum absolute atomic E-state index is 0.883. The Morgan fingerprint density at radius 1 is 0.190 bits per heavy atom. The molecule has 0 bridgehead atoms. The molecule has 0 spiro atoms. The smallest absolute Gasteiger partial charge is 0.217 e. The number of hydrogen-bond donors (Lipinski definition) is 37. The molecule has 12 aliphatic rings. The van der Waals surface area contributed by atoms with Gasteiger partial charge in [-0.15, -0.1) is 0 Å². The van der Waals surface area contributed by atoms with E-state index in [1.165, 1.54) is 6.92 Å². The van der Waals surface area contributed by atoms with E-state index in [0.29, 0.717) is 0 Å². The van der Waals surface area contributed by atoms with Crippen LogP contribution in [0.2, 0.25) is 0 Å². The number of carbonyl (C=O) groups is 5. The van der Waals surface area contributed by atoms with Crippen molar-refractivity contribution in [2.24, 2.45) is 0 Å². The lowest BCUT2D eigenvalue weighted by Gasteiger charge is -2.51. The highest BCUT2D eigenvalue weighted by Crippen LogP contribution is 2.42. The summed E-state index contributed by atoms with van der Waals surface area (Å²) in [6.45, 7) is -6.88. The molecule has 60 unspecified atom stereocenters. The van der Waals surface area contributed by atoms with Crippen LogP contribution in [0, 0.1) is 0 Å². The van der Waals surface area contributed by atoms with Gasteiger partial charge in [0, 0.05) is 34.6 Å². The monoisotopic (exact) mass is 2150 g/mol. The van der Waals surface area contributed by atoms with Crippen LogP contribution >= 0.6 is 0 Å². The summed E-state index contributed by atoms with van der Waals surface area (Å²) in [4.78, 5) is 65.6. The number of rotatable bonds is 38. The third-order valence-electron chi connectivity index (χ3n) is 27.0. The minimum atomic E-state index is -2.75. The van der Waals surface area contributed by atoms with E-state index >= 15 is 0 Å². The summed E-state index contributed by atoms with van der Waals surface area (Å²) < 4.78 is 138. The molecule has 0 aliphatic carbocycles. The summed E-state index contributed by atoms with van der Waals surface area (Å²) >= 11 is 0. The molecule has 65 nitrogen and oxygen atoms in total. The second kappa shape index (κ2) is 52.8. The molecule has 12 saturated heterocycles. The fraction of sp³-hybridized carbons (Fsp3) is 0.939. The third-order valence-corrected chi connectivity index (χ3v) is 27.0. The van der Waals surface area contributed by atoms with Gasteiger partial charge in [-0.05, 0) is 6.92 Å². The van der Waals surface area contributed by atoms with E-state index in [9.17, 15) is 187 Å².